The van der Waals surface area contributed by atoms with Crippen molar-refractivity contribution in [1.82, 2.24) is 4.57 Å². The van der Waals surface area contributed by atoms with Crippen LogP contribution < -0.4 is 9.74 Å². The summed E-state index contributed by atoms with van der Waals surface area (Å²) in [5.41, 5.74) is 2.10. The molecule has 1 N–H and O–H groups in total. The molecule has 1 aromatic carbocycles. The van der Waals surface area contributed by atoms with Gasteiger partial charge in [-0.1, -0.05) is 26.8 Å². The van der Waals surface area contributed by atoms with E-state index in [1.54, 1.807) is 0 Å². The van der Waals surface area contributed by atoms with Crippen molar-refractivity contribution in [3.05, 3.63) is 23.8 Å². The first-order valence-corrected chi connectivity index (χ1v) is 12.7. The topological polar surface area (TPSA) is 52.5 Å². The monoisotopic (exact) mass is 388 g/mol. The van der Waals surface area contributed by atoms with Crippen LogP contribution in [0.4, 0.5) is 5.82 Å². The van der Waals surface area contributed by atoms with Crippen molar-refractivity contribution in [1.29, 1.82) is 0 Å². The number of rotatable bonds is 4. The summed E-state index contributed by atoms with van der Waals surface area (Å²) in [5, 5.41) is 4.62. The van der Waals surface area contributed by atoms with Gasteiger partial charge >= 0.3 is 5.97 Å². The maximum Gasteiger partial charge on any atom is 0.313 e. The van der Waals surface area contributed by atoms with E-state index in [0.717, 1.165) is 41.0 Å². The minimum absolute atomic E-state index is 0.1000. The van der Waals surface area contributed by atoms with Gasteiger partial charge in [0.15, 0.2) is 0 Å². The third-order valence-corrected chi connectivity index (χ3v) is 10.4. The molecule has 0 fully saturated rings. The molecular weight excluding hydrogens is 356 g/mol. The Bertz CT molecular complexity index is 864. The lowest BCUT2D eigenvalue weighted by Gasteiger charge is -2.36. The van der Waals surface area contributed by atoms with Crippen LogP contribution in [0.15, 0.2) is 18.2 Å². The van der Waals surface area contributed by atoms with Crippen molar-refractivity contribution < 1.29 is 14.0 Å². The number of aryl methyl sites for hydroxylation is 1. The third-order valence-electron chi connectivity index (χ3n) is 6.04. The van der Waals surface area contributed by atoms with E-state index in [4.69, 9.17) is 9.16 Å². The number of ether oxygens (including phenoxy) is 1. The molecule has 2 aromatic rings. The predicted octanol–water partition coefficient (Wildman–Crippen LogP) is 5.02. The van der Waals surface area contributed by atoms with Crippen molar-refractivity contribution in [2.45, 2.75) is 58.2 Å². The quantitative estimate of drug-likeness (QED) is 0.590. The van der Waals surface area contributed by atoms with E-state index in [1.807, 2.05) is 26.1 Å². The number of carbonyl (C=O) groups is 1. The zero-order valence-corrected chi connectivity index (χ0v) is 18.6. The number of hydrogen-bond acceptors (Lipinski definition) is 4. The Morgan fingerprint density at radius 1 is 1.33 bits per heavy atom. The third kappa shape index (κ3) is 3.35. The fourth-order valence-corrected chi connectivity index (χ4v) is 4.54. The smallest absolute Gasteiger partial charge is 0.313 e. The van der Waals surface area contributed by atoms with Crippen LogP contribution in [0.3, 0.4) is 0 Å². The Hall–Kier alpha value is -1.95. The molecule has 0 amide bonds. The van der Waals surface area contributed by atoms with Crippen LogP contribution in [-0.4, -0.2) is 32.0 Å². The summed E-state index contributed by atoms with van der Waals surface area (Å²) in [4.78, 5) is 12.7. The summed E-state index contributed by atoms with van der Waals surface area (Å²) < 4.78 is 14.2. The van der Waals surface area contributed by atoms with Gasteiger partial charge in [-0.2, -0.15) is 0 Å². The van der Waals surface area contributed by atoms with Gasteiger partial charge < -0.3 is 19.0 Å². The molecule has 1 atom stereocenters. The second kappa shape index (κ2) is 6.89. The number of aromatic nitrogens is 1. The summed E-state index contributed by atoms with van der Waals surface area (Å²) >= 11 is 0. The van der Waals surface area contributed by atoms with Gasteiger partial charge in [0, 0.05) is 24.5 Å². The largest absolute Gasteiger partial charge is 0.543 e. The van der Waals surface area contributed by atoms with Gasteiger partial charge in [0.2, 0.25) is 0 Å². The Balaban J connectivity index is 2.20. The van der Waals surface area contributed by atoms with Gasteiger partial charge in [0.05, 0.1) is 18.0 Å². The maximum absolute atomic E-state index is 12.7. The zero-order valence-electron chi connectivity index (χ0n) is 17.6. The van der Waals surface area contributed by atoms with E-state index >= 15 is 0 Å². The van der Waals surface area contributed by atoms with Gasteiger partial charge in [-0.3, -0.25) is 4.79 Å². The van der Waals surface area contributed by atoms with Crippen LogP contribution in [-0.2, 0) is 16.6 Å². The van der Waals surface area contributed by atoms with Crippen LogP contribution in [0, 0.1) is 0 Å². The molecule has 1 aromatic heterocycles. The molecule has 0 saturated heterocycles. The van der Waals surface area contributed by atoms with Crippen molar-refractivity contribution in [2.75, 3.05) is 18.5 Å². The average molecular weight is 389 g/mol. The number of nitrogens with one attached hydrogen (secondary N) is 1. The Morgan fingerprint density at radius 2 is 2.04 bits per heavy atom. The first-order chi connectivity index (χ1) is 12.6. The number of carbonyl (C=O) groups excluding carboxylic acids is 1. The summed E-state index contributed by atoms with van der Waals surface area (Å²) in [7, 11) is 0.0303. The summed E-state index contributed by atoms with van der Waals surface area (Å²) in [6.07, 6.45) is 0.735. The van der Waals surface area contributed by atoms with Crippen LogP contribution in [0.2, 0.25) is 18.1 Å². The van der Waals surface area contributed by atoms with Crippen LogP contribution in [0.1, 0.15) is 45.6 Å². The predicted molar refractivity (Wildman–Crippen MR) is 113 cm³/mol. The van der Waals surface area contributed by atoms with Crippen molar-refractivity contribution >= 4 is 31.0 Å². The first-order valence-electron chi connectivity index (χ1n) is 9.79. The molecule has 0 aliphatic carbocycles. The summed E-state index contributed by atoms with van der Waals surface area (Å²) in [6.45, 7) is 14.2. The van der Waals surface area contributed by atoms with Crippen molar-refractivity contribution in [3.63, 3.8) is 0 Å². The average Bonchev–Trinajstić information content (AvgIpc) is 2.88. The van der Waals surface area contributed by atoms with Gasteiger partial charge in [-0.05, 0) is 43.6 Å². The minimum Gasteiger partial charge on any atom is -0.543 e. The Labute approximate surface area is 163 Å². The molecular formula is C21H32N2O3Si. The molecule has 1 unspecified atom stereocenters. The molecule has 148 valence electrons. The number of esters is 1. The lowest BCUT2D eigenvalue weighted by Crippen LogP contribution is -2.43. The van der Waals surface area contributed by atoms with Gasteiger partial charge in [-0.25, -0.2) is 0 Å². The molecule has 2 heterocycles. The normalized spacial score (nSPS) is 17.4. The Morgan fingerprint density at radius 3 is 2.67 bits per heavy atom. The zero-order chi connectivity index (χ0) is 20.0. The van der Waals surface area contributed by atoms with Crippen molar-refractivity contribution in [3.8, 4) is 5.75 Å². The number of hydrogen-bond donors (Lipinski definition) is 1. The number of nitrogens with zero attached hydrogens (tertiary/aromatic N) is 1. The number of benzene rings is 1. The van der Waals surface area contributed by atoms with Crippen LogP contribution in [0.25, 0.3) is 10.9 Å². The van der Waals surface area contributed by atoms with E-state index < -0.39 is 8.32 Å². The standard InChI is InChI=1S/C21H32N2O3Si/c1-8-25-20(24)14-12-13-22-19-17(14)18-15(23(19)5)10-9-11-16(18)26-27(6,7)21(2,3)4/h9-11,14,22H,8,12-13H2,1-7H3. The van der Waals surface area contributed by atoms with E-state index in [9.17, 15) is 4.79 Å². The molecule has 5 nitrogen and oxygen atoms in total. The Kier molecular flexibility index (Phi) is 5.05. The molecule has 3 rings (SSSR count). The molecule has 6 heteroatoms. The van der Waals surface area contributed by atoms with Crippen LogP contribution >= 0.6 is 0 Å². The molecule has 0 bridgehead atoms. The fraction of sp³-hybridized carbons (Fsp3) is 0.571. The lowest BCUT2D eigenvalue weighted by atomic mass is 9.91. The molecule has 27 heavy (non-hydrogen) atoms. The highest BCUT2D eigenvalue weighted by Crippen LogP contribution is 2.46. The van der Waals surface area contributed by atoms with E-state index in [2.05, 4.69) is 49.8 Å². The summed E-state index contributed by atoms with van der Waals surface area (Å²) in [5.74, 6) is 1.48. The van der Waals surface area contributed by atoms with E-state index in [1.165, 1.54) is 0 Å². The first kappa shape index (κ1) is 19.8. The molecule has 1 aliphatic heterocycles. The maximum atomic E-state index is 12.7. The molecule has 0 spiro atoms. The highest BCUT2D eigenvalue weighted by molar-refractivity contribution is 6.74. The fourth-order valence-electron chi connectivity index (χ4n) is 3.51. The highest BCUT2D eigenvalue weighted by Gasteiger charge is 2.40. The molecule has 0 radical (unpaired) electrons. The number of anilines is 1. The molecule has 0 saturated carbocycles. The molecule has 1 aliphatic rings. The second-order valence-electron chi connectivity index (χ2n) is 8.85. The number of fused-ring (bicyclic) bond motifs is 3. The minimum atomic E-state index is -2.01. The SMILES string of the molecule is CCOC(=O)C1CCNc2c1c1c(O[Si](C)(C)C(C)(C)C)cccc1n2C. The second-order valence-corrected chi connectivity index (χ2v) is 13.6. The van der Waals surface area contributed by atoms with E-state index in [-0.39, 0.29) is 16.9 Å². The van der Waals surface area contributed by atoms with Crippen molar-refractivity contribution in [2.24, 2.45) is 7.05 Å². The van der Waals surface area contributed by atoms with E-state index in [0.29, 0.717) is 6.61 Å². The summed E-state index contributed by atoms with van der Waals surface area (Å²) in [6, 6.07) is 6.17. The highest BCUT2D eigenvalue weighted by atomic mass is 28.4. The van der Waals surface area contributed by atoms with Gasteiger partial charge in [-0.15, -0.1) is 0 Å². The lowest BCUT2D eigenvalue weighted by molar-refractivity contribution is -0.145. The van der Waals surface area contributed by atoms with Gasteiger partial charge in [0.1, 0.15) is 11.6 Å². The van der Waals surface area contributed by atoms with Crippen LogP contribution in [0.5, 0.6) is 5.75 Å². The van der Waals surface area contributed by atoms with Gasteiger partial charge in [0.25, 0.3) is 8.32 Å².